The number of nitrogens with one attached hydrogen (secondary N) is 1. The fourth-order valence-corrected chi connectivity index (χ4v) is 4.34. The molecule has 0 unspecified atom stereocenters. The van der Waals surface area contributed by atoms with Crippen LogP contribution in [0.1, 0.15) is 55.8 Å². The van der Waals surface area contributed by atoms with Crippen molar-refractivity contribution < 1.29 is 4.39 Å². The summed E-state index contributed by atoms with van der Waals surface area (Å²) in [6, 6.07) is 6.93. The third kappa shape index (κ3) is 3.28. The maximum Gasteiger partial charge on any atom is 0.126 e. The number of imidazole rings is 1. The van der Waals surface area contributed by atoms with Crippen LogP contribution in [0.15, 0.2) is 36.7 Å². The number of aromatic nitrogens is 3. The molecule has 0 bridgehead atoms. The number of hydrogen-bond donors (Lipinski definition) is 1. The first-order valence-corrected chi connectivity index (χ1v) is 9.24. The Morgan fingerprint density at radius 2 is 1.96 bits per heavy atom. The van der Waals surface area contributed by atoms with Crippen molar-refractivity contribution in [2.24, 2.45) is 5.92 Å². The van der Waals surface area contributed by atoms with Gasteiger partial charge in [0.2, 0.25) is 0 Å². The molecule has 130 valence electrons. The number of fused-ring (bicyclic) bond motifs is 1. The average Bonchev–Trinajstić information content (AvgIpc) is 3.07. The van der Waals surface area contributed by atoms with E-state index in [0.29, 0.717) is 22.9 Å². The zero-order valence-electron chi connectivity index (χ0n) is 14.2. The van der Waals surface area contributed by atoms with Crippen LogP contribution in [-0.4, -0.2) is 15.0 Å². The van der Waals surface area contributed by atoms with E-state index in [0.717, 1.165) is 42.4 Å². The molecule has 0 saturated heterocycles. The maximum absolute atomic E-state index is 13.7. The fraction of sp³-hybridized carbons (Fsp3) is 0.400. The summed E-state index contributed by atoms with van der Waals surface area (Å²) in [6.07, 6.45) is 8.02. The number of pyridine rings is 1. The van der Waals surface area contributed by atoms with Crippen molar-refractivity contribution in [3.63, 3.8) is 0 Å². The second-order valence-corrected chi connectivity index (χ2v) is 7.49. The summed E-state index contributed by atoms with van der Waals surface area (Å²) in [4.78, 5) is 11.9. The van der Waals surface area contributed by atoms with Gasteiger partial charge in [-0.2, -0.15) is 0 Å². The van der Waals surface area contributed by atoms with Gasteiger partial charge in [-0.3, -0.25) is 4.98 Å². The van der Waals surface area contributed by atoms with E-state index in [9.17, 15) is 4.39 Å². The van der Waals surface area contributed by atoms with Crippen molar-refractivity contribution in [3.05, 3.63) is 59.0 Å². The van der Waals surface area contributed by atoms with Crippen LogP contribution in [0.5, 0.6) is 0 Å². The van der Waals surface area contributed by atoms with E-state index in [4.69, 9.17) is 11.6 Å². The lowest BCUT2D eigenvalue weighted by Gasteiger charge is -2.32. The normalized spacial score (nSPS) is 22.2. The molecule has 3 aromatic rings. The van der Waals surface area contributed by atoms with Gasteiger partial charge in [0.1, 0.15) is 16.8 Å². The van der Waals surface area contributed by atoms with E-state index in [1.165, 1.54) is 11.6 Å². The smallest absolute Gasteiger partial charge is 0.126 e. The molecule has 0 spiro atoms. The predicted octanol–water partition coefficient (Wildman–Crippen LogP) is 5.83. The predicted molar refractivity (Wildman–Crippen MR) is 98.4 cm³/mol. The highest BCUT2D eigenvalue weighted by Crippen LogP contribution is 2.42. The zero-order chi connectivity index (χ0) is 17.4. The molecular weight excluding hydrogens is 337 g/mol. The second kappa shape index (κ2) is 6.75. The number of nitrogens with zero attached hydrogens (tertiary/aromatic N) is 2. The third-order valence-electron chi connectivity index (χ3n) is 5.65. The van der Waals surface area contributed by atoms with Gasteiger partial charge in [-0.1, -0.05) is 18.5 Å². The zero-order valence-corrected chi connectivity index (χ0v) is 14.9. The molecule has 0 radical (unpaired) electrons. The number of rotatable bonds is 3. The Hall–Kier alpha value is -1.94. The molecular formula is C20H21ClFN3. The Balaban J connectivity index is 1.51. The number of aromatic amines is 1. The molecule has 1 N–H and O–H groups in total. The van der Waals surface area contributed by atoms with Gasteiger partial charge in [0, 0.05) is 17.5 Å². The minimum absolute atomic E-state index is 0.196. The largest absolute Gasteiger partial charge is 0.333 e. The molecule has 1 atom stereocenters. The highest BCUT2D eigenvalue weighted by atomic mass is 35.5. The summed E-state index contributed by atoms with van der Waals surface area (Å²) < 4.78 is 13.7. The van der Waals surface area contributed by atoms with Gasteiger partial charge >= 0.3 is 0 Å². The molecule has 4 rings (SSSR count). The summed E-state index contributed by atoms with van der Waals surface area (Å²) in [5.74, 6) is 2.22. The van der Waals surface area contributed by atoms with E-state index in [-0.39, 0.29) is 5.82 Å². The average molecular weight is 358 g/mol. The molecule has 2 aromatic heterocycles. The number of benzene rings is 1. The van der Waals surface area contributed by atoms with Crippen molar-refractivity contribution in [1.29, 1.82) is 0 Å². The van der Waals surface area contributed by atoms with Crippen LogP contribution in [0.4, 0.5) is 4.39 Å². The van der Waals surface area contributed by atoms with Gasteiger partial charge in [-0.05, 0) is 67.3 Å². The van der Waals surface area contributed by atoms with Gasteiger partial charge in [0.15, 0.2) is 0 Å². The van der Waals surface area contributed by atoms with Gasteiger partial charge < -0.3 is 4.98 Å². The summed E-state index contributed by atoms with van der Waals surface area (Å²) in [7, 11) is 0. The topological polar surface area (TPSA) is 41.6 Å². The minimum Gasteiger partial charge on any atom is -0.333 e. The summed E-state index contributed by atoms with van der Waals surface area (Å²) in [5.41, 5.74) is 2.11. The van der Waals surface area contributed by atoms with Gasteiger partial charge in [0.05, 0.1) is 11.7 Å². The van der Waals surface area contributed by atoms with Gasteiger partial charge in [-0.25, -0.2) is 9.37 Å². The molecule has 1 aliphatic rings. The molecule has 5 heteroatoms. The minimum atomic E-state index is -0.196. The Bertz CT molecular complexity index is 884. The van der Waals surface area contributed by atoms with E-state index in [2.05, 4.69) is 27.9 Å². The molecule has 3 nitrogen and oxygen atoms in total. The molecule has 0 amide bonds. The summed E-state index contributed by atoms with van der Waals surface area (Å²) in [5, 5.41) is 1.55. The van der Waals surface area contributed by atoms with E-state index in [1.54, 1.807) is 18.3 Å². The lowest BCUT2D eigenvalue weighted by atomic mass is 9.73. The van der Waals surface area contributed by atoms with Crippen LogP contribution in [0.2, 0.25) is 5.15 Å². The first-order chi connectivity index (χ1) is 12.1. The first kappa shape index (κ1) is 16.5. The molecule has 1 fully saturated rings. The van der Waals surface area contributed by atoms with Crippen molar-refractivity contribution in [2.75, 3.05) is 0 Å². The van der Waals surface area contributed by atoms with Crippen LogP contribution in [0.3, 0.4) is 0 Å². The SMILES string of the molecule is C[C@H](c1ncc(Cl)[nH]1)C1CCC(c2ccnc3ccc(F)cc23)CC1. The van der Waals surface area contributed by atoms with E-state index >= 15 is 0 Å². The monoisotopic (exact) mass is 357 g/mol. The molecule has 2 heterocycles. The summed E-state index contributed by atoms with van der Waals surface area (Å²) >= 11 is 5.96. The van der Waals surface area contributed by atoms with E-state index < -0.39 is 0 Å². The standard InChI is InChI=1S/C20H21ClFN3/c1-12(20-24-11-19(21)25-20)13-2-4-14(5-3-13)16-8-9-23-18-7-6-15(22)10-17(16)18/h6-14H,2-5H2,1H3,(H,24,25)/t12-,13?,14?/m0/s1. The van der Waals surface area contributed by atoms with Crippen molar-refractivity contribution in [3.8, 4) is 0 Å². The molecule has 1 saturated carbocycles. The quantitative estimate of drug-likeness (QED) is 0.640. The number of halogens is 2. The molecule has 25 heavy (non-hydrogen) atoms. The summed E-state index contributed by atoms with van der Waals surface area (Å²) in [6.45, 7) is 2.22. The van der Waals surface area contributed by atoms with Crippen molar-refractivity contribution in [1.82, 2.24) is 15.0 Å². The maximum atomic E-state index is 13.7. The van der Waals surface area contributed by atoms with Crippen molar-refractivity contribution >= 4 is 22.5 Å². The molecule has 1 aliphatic carbocycles. The highest BCUT2D eigenvalue weighted by Gasteiger charge is 2.28. The highest BCUT2D eigenvalue weighted by molar-refractivity contribution is 6.29. The van der Waals surface area contributed by atoms with Crippen LogP contribution in [0.25, 0.3) is 10.9 Å². The number of H-pyrrole nitrogens is 1. The van der Waals surface area contributed by atoms with Gasteiger partial charge in [0.25, 0.3) is 0 Å². The molecule has 1 aromatic carbocycles. The number of hydrogen-bond acceptors (Lipinski definition) is 2. The van der Waals surface area contributed by atoms with E-state index in [1.807, 2.05) is 6.20 Å². The third-order valence-corrected chi connectivity index (χ3v) is 5.84. The Kier molecular flexibility index (Phi) is 4.46. The van der Waals surface area contributed by atoms with Crippen LogP contribution in [0, 0.1) is 11.7 Å². The first-order valence-electron chi connectivity index (χ1n) is 8.86. The lowest BCUT2D eigenvalue weighted by molar-refractivity contribution is 0.286. The van der Waals surface area contributed by atoms with Crippen LogP contribution in [-0.2, 0) is 0 Å². The van der Waals surface area contributed by atoms with Crippen LogP contribution >= 0.6 is 11.6 Å². The fourth-order valence-electron chi connectivity index (χ4n) is 4.19. The van der Waals surface area contributed by atoms with Gasteiger partial charge in [-0.15, -0.1) is 0 Å². The van der Waals surface area contributed by atoms with Crippen LogP contribution < -0.4 is 0 Å². The lowest BCUT2D eigenvalue weighted by Crippen LogP contribution is -2.19. The van der Waals surface area contributed by atoms with Crippen molar-refractivity contribution in [2.45, 2.75) is 44.4 Å². The Morgan fingerprint density at radius 1 is 1.16 bits per heavy atom. The second-order valence-electron chi connectivity index (χ2n) is 7.08. The Labute approximate surface area is 151 Å². The Morgan fingerprint density at radius 3 is 2.68 bits per heavy atom. The molecule has 0 aliphatic heterocycles.